The minimum Gasteiger partial charge on any atom is -0.477 e. The molecule has 0 saturated carbocycles. The summed E-state index contributed by atoms with van der Waals surface area (Å²) in [5, 5.41) is 17.6. The van der Waals surface area contributed by atoms with Gasteiger partial charge in [-0.15, -0.1) is 0 Å². The summed E-state index contributed by atoms with van der Waals surface area (Å²) in [6.07, 6.45) is 3.00. The second-order valence-corrected chi connectivity index (χ2v) is 3.10. The van der Waals surface area contributed by atoms with Crippen LogP contribution in [0, 0.1) is 0 Å². The Morgan fingerprint density at radius 2 is 2.15 bits per heavy atom. The summed E-state index contributed by atoms with van der Waals surface area (Å²) in [5.74, 6) is -6.40. The number of alkyl halides is 2. The SMILES string of the molecule is O=C(O)C(F)(F)C1(O)C=CCCC1. The Kier molecular flexibility index (Phi) is 2.38. The van der Waals surface area contributed by atoms with E-state index in [0.717, 1.165) is 6.08 Å². The largest absolute Gasteiger partial charge is 0.477 e. The van der Waals surface area contributed by atoms with Gasteiger partial charge in [-0.3, -0.25) is 0 Å². The monoisotopic (exact) mass is 192 g/mol. The van der Waals surface area contributed by atoms with Gasteiger partial charge in [-0.05, 0) is 19.3 Å². The predicted octanol–water partition coefficient (Wildman–Crippen LogP) is 1.18. The number of aliphatic hydroxyl groups is 1. The van der Waals surface area contributed by atoms with Gasteiger partial charge in [0.05, 0.1) is 0 Å². The molecule has 1 aliphatic carbocycles. The average molecular weight is 192 g/mol. The molecule has 5 heteroatoms. The standard InChI is InChI=1S/C8H10F2O3/c9-8(10,6(11)12)7(13)4-2-1-3-5-7/h2,4,13H,1,3,5H2,(H,11,12). The fourth-order valence-electron chi connectivity index (χ4n) is 1.30. The maximum Gasteiger partial charge on any atom is 0.378 e. The van der Waals surface area contributed by atoms with Crippen molar-refractivity contribution in [3.05, 3.63) is 12.2 Å². The van der Waals surface area contributed by atoms with Crippen LogP contribution in [0.5, 0.6) is 0 Å². The third-order valence-corrected chi connectivity index (χ3v) is 2.13. The Morgan fingerprint density at radius 3 is 2.54 bits per heavy atom. The Morgan fingerprint density at radius 1 is 1.54 bits per heavy atom. The summed E-state index contributed by atoms with van der Waals surface area (Å²) in [7, 11) is 0. The second-order valence-electron chi connectivity index (χ2n) is 3.10. The summed E-state index contributed by atoms with van der Waals surface area (Å²) < 4.78 is 25.8. The molecule has 0 amide bonds. The molecule has 0 heterocycles. The van der Waals surface area contributed by atoms with Crippen LogP contribution in [0.1, 0.15) is 19.3 Å². The van der Waals surface area contributed by atoms with Gasteiger partial charge in [-0.1, -0.05) is 12.2 Å². The molecule has 0 radical (unpaired) electrons. The van der Waals surface area contributed by atoms with E-state index in [2.05, 4.69) is 0 Å². The van der Waals surface area contributed by atoms with E-state index >= 15 is 0 Å². The van der Waals surface area contributed by atoms with E-state index in [1.807, 2.05) is 0 Å². The fourth-order valence-corrected chi connectivity index (χ4v) is 1.30. The summed E-state index contributed by atoms with van der Waals surface area (Å²) in [6.45, 7) is 0. The number of carboxylic acids is 1. The van der Waals surface area contributed by atoms with Gasteiger partial charge in [-0.2, -0.15) is 8.78 Å². The van der Waals surface area contributed by atoms with Crippen LogP contribution < -0.4 is 0 Å². The van der Waals surface area contributed by atoms with Crippen molar-refractivity contribution in [2.24, 2.45) is 0 Å². The van der Waals surface area contributed by atoms with E-state index in [0.29, 0.717) is 12.8 Å². The summed E-state index contributed by atoms with van der Waals surface area (Å²) in [4.78, 5) is 10.2. The summed E-state index contributed by atoms with van der Waals surface area (Å²) >= 11 is 0. The molecule has 0 aromatic carbocycles. The molecule has 0 fully saturated rings. The molecule has 2 N–H and O–H groups in total. The zero-order valence-electron chi connectivity index (χ0n) is 6.83. The molecule has 0 aromatic rings. The van der Waals surface area contributed by atoms with E-state index < -0.39 is 17.5 Å². The van der Waals surface area contributed by atoms with E-state index in [1.165, 1.54) is 6.08 Å². The molecule has 1 atom stereocenters. The molecule has 13 heavy (non-hydrogen) atoms. The Labute approximate surface area is 73.7 Å². The Balaban J connectivity index is 2.96. The molecule has 0 spiro atoms. The van der Waals surface area contributed by atoms with Crippen molar-refractivity contribution in [2.45, 2.75) is 30.8 Å². The van der Waals surface area contributed by atoms with Crippen LogP contribution in [-0.4, -0.2) is 27.7 Å². The van der Waals surface area contributed by atoms with Crippen LogP contribution in [0.25, 0.3) is 0 Å². The third kappa shape index (κ3) is 1.56. The van der Waals surface area contributed by atoms with Crippen molar-refractivity contribution in [3.63, 3.8) is 0 Å². The van der Waals surface area contributed by atoms with Crippen LogP contribution >= 0.6 is 0 Å². The Bertz CT molecular complexity index is 250. The first-order valence-corrected chi connectivity index (χ1v) is 3.91. The molecule has 0 saturated heterocycles. The lowest BCUT2D eigenvalue weighted by atomic mass is 9.85. The van der Waals surface area contributed by atoms with E-state index in [9.17, 15) is 18.7 Å². The van der Waals surface area contributed by atoms with Crippen molar-refractivity contribution in [2.75, 3.05) is 0 Å². The normalized spacial score (nSPS) is 28.8. The highest BCUT2D eigenvalue weighted by atomic mass is 19.3. The number of carbonyl (C=O) groups is 1. The highest BCUT2D eigenvalue weighted by Gasteiger charge is 2.57. The maximum atomic E-state index is 12.9. The lowest BCUT2D eigenvalue weighted by Crippen LogP contribution is -2.52. The fraction of sp³-hybridized carbons (Fsp3) is 0.625. The molecular formula is C8H10F2O3. The van der Waals surface area contributed by atoms with Gasteiger partial charge in [0.15, 0.2) is 5.60 Å². The average Bonchev–Trinajstić information content (AvgIpc) is 2.05. The number of hydrogen-bond acceptors (Lipinski definition) is 2. The van der Waals surface area contributed by atoms with Crippen molar-refractivity contribution in [3.8, 4) is 0 Å². The molecule has 1 unspecified atom stereocenters. The summed E-state index contributed by atoms with van der Waals surface area (Å²) in [5.41, 5.74) is -2.52. The van der Waals surface area contributed by atoms with Crippen LogP contribution in [-0.2, 0) is 4.79 Å². The van der Waals surface area contributed by atoms with E-state index in [1.54, 1.807) is 0 Å². The molecule has 3 nitrogen and oxygen atoms in total. The van der Waals surface area contributed by atoms with Gasteiger partial charge < -0.3 is 10.2 Å². The first-order valence-electron chi connectivity index (χ1n) is 3.91. The highest BCUT2D eigenvalue weighted by Crippen LogP contribution is 2.36. The molecule has 1 rings (SSSR count). The van der Waals surface area contributed by atoms with Gasteiger partial charge in [-0.25, -0.2) is 4.79 Å². The van der Waals surface area contributed by atoms with Crippen molar-refractivity contribution < 1.29 is 23.8 Å². The zero-order valence-corrected chi connectivity index (χ0v) is 6.83. The predicted molar refractivity (Wildman–Crippen MR) is 40.5 cm³/mol. The third-order valence-electron chi connectivity index (χ3n) is 2.13. The van der Waals surface area contributed by atoms with Gasteiger partial charge in [0.2, 0.25) is 0 Å². The van der Waals surface area contributed by atoms with Gasteiger partial charge in [0, 0.05) is 0 Å². The zero-order chi connectivity index (χ0) is 10.1. The van der Waals surface area contributed by atoms with Crippen LogP contribution in [0.3, 0.4) is 0 Å². The number of allylic oxidation sites excluding steroid dienone is 1. The van der Waals surface area contributed by atoms with Crippen LogP contribution in [0.2, 0.25) is 0 Å². The molecule has 0 bridgehead atoms. The maximum absolute atomic E-state index is 12.9. The molecule has 0 aromatic heterocycles. The van der Waals surface area contributed by atoms with Gasteiger partial charge in [0.25, 0.3) is 0 Å². The van der Waals surface area contributed by atoms with E-state index in [4.69, 9.17) is 5.11 Å². The van der Waals surface area contributed by atoms with Crippen LogP contribution in [0.4, 0.5) is 8.78 Å². The Hall–Kier alpha value is -0.970. The second kappa shape index (κ2) is 3.06. The van der Waals surface area contributed by atoms with E-state index in [-0.39, 0.29) is 6.42 Å². The van der Waals surface area contributed by atoms with Gasteiger partial charge in [0.1, 0.15) is 0 Å². The lowest BCUT2D eigenvalue weighted by Gasteiger charge is -2.32. The number of rotatable bonds is 2. The minimum absolute atomic E-state index is 0.219. The first-order chi connectivity index (χ1) is 5.90. The van der Waals surface area contributed by atoms with Gasteiger partial charge >= 0.3 is 11.9 Å². The lowest BCUT2D eigenvalue weighted by molar-refractivity contribution is -0.198. The quantitative estimate of drug-likeness (QED) is 0.646. The topological polar surface area (TPSA) is 57.5 Å². The number of carboxylic acid groups (broad SMARTS) is 1. The number of halogens is 2. The summed E-state index contributed by atoms with van der Waals surface area (Å²) in [6, 6.07) is 0. The number of aliphatic carboxylic acids is 1. The smallest absolute Gasteiger partial charge is 0.378 e. The highest BCUT2D eigenvalue weighted by molar-refractivity contribution is 5.77. The molecule has 74 valence electrons. The minimum atomic E-state index is -4.11. The molecular weight excluding hydrogens is 182 g/mol. The number of hydrogen-bond donors (Lipinski definition) is 2. The van der Waals surface area contributed by atoms with Crippen molar-refractivity contribution in [1.29, 1.82) is 0 Å². The molecule has 1 aliphatic rings. The van der Waals surface area contributed by atoms with Crippen molar-refractivity contribution >= 4 is 5.97 Å². The first kappa shape index (κ1) is 10.1. The van der Waals surface area contributed by atoms with Crippen molar-refractivity contribution in [1.82, 2.24) is 0 Å². The van der Waals surface area contributed by atoms with Crippen LogP contribution in [0.15, 0.2) is 12.2 Å². The molecule has 0 aliphatic heterocycles.